The highest BCUT2D eigenvalue weighted by molar-refractivity contribution is 7.94. The van der Waals surface area contributed by atoms with Gasteiger partial charge in [-0.1, -0.05) is 38.5 Å². The molecule has 26 heteroatoms. The van der Waals surface area contributed by atoms with Crippen LogP contribution in [0.25, 0.3) is 0 Å². The van der Waals surface area contributed by atoms with Gasteiger partial charge in [0.15, 0.2) is 0 Å². The van der Waals surface area contributed by atoms with Crippen LogP contribution < -0.4 is 42.5 Å². The monoisotopic (exact) mass is 936 g/mol. The molecule has 20 unspecified atom stereocenters. The van der Waals surface area contributed by atoms with Crippen LogP contribution in [0.3, 0.4) is 0 Å². The van der Waals surface area contributed by atoms with E-state index >= 15 is 0 Å². The van der Waals surface area contributed by atoms with Gasteiger partial charge in [0.05, 0.1) is 49.3 Å². The summed E-state index contributed by atoms with van der Waals surface area (Å²) < 4.78 is 149. The Morgan fingerprint density at radius 2 is 0.500 bits per heavy atom. The summed E-state index contributed by atoms with van der Waals surface area (Å²) in [5, 5.41) is 17.7. The molecule has 5 heterocycles. The smallest absolute Gasteiger partial charge is 0.286 e. The average molecular weight is 938 g/mol. The summed E-state index contributed by atoms with van der Waals surface area (Å²) in [6.07, 6.45) is 7.44. The average Bonchev–Trinajstić information content (AvgIpc) is 3.89. The zero-order chi connectivity index (χ0) is 41.7. The van der Waals surface area contributed by atoms with Crippen LogP contribution in [0.5, 0.6) is 0 Å². The lowest BCUT2D eigenvalue weighted by molar-refractivity contribution is 0.166. The molecule has 20 nitrogen and oxygen atoms in total. The van der Waals surface area contributed by atoms with Crippen molar-refractivity contribution in [2.75, 3.05) is 0 Å². The highest BCUT2D eigenvalue weighted by Gasteiger charge is 2.71. The van der Waals surface area contributed by atoms with E-state index in [0.29, 0.717) is 11.8 Å². The van der Waals surface area contributed by atoms with Crippen molar-refractivity contribution in [1.29, 1.82) is 0 Å². The van der Waals surface area contributed by atoms with Crippen LogP contribution in [0, 0.1) is 47.3 Å². The summed E-state index contributed by atoms with van der Waals surface area (Å²) in [5.74, 6) is -2.57. The first-order valence-corrected chi connectivity index (χ1v) is 29.7. The van der Waals surface area contributed by atoms with E-state index in [-0.39, 0.29) is 48.3 Å². The van der Waals surface area contributed by atoms with Gasteiger partial charge in [-0.15, -0.1) is 0 Å². The molecule has 0 radical (unpaired) electrons. The molecule has 332 valence electrons. The van der Waals surface area contributed by atoms with Gasteiger partial charge in [-0.05, 0) is 74.0 Å². The third kappa shape index (κ3) is 8.10. The summed E-state index contributed by atoms with van der Waals surface area (Å²) in [4.78, 5) is 0. The number of hydrogen-bond acceptors (Lipinski definition) is 16. The molecule has 8 bridgehead atoms. The molecule has 9 fully saturated rings. The van der Waals surface area contributed by atoms with Gasteiger partial charge < -0.3 is 0 Å². The van der Waals surface area contributed by atoms with E-state index in [1.165, 1.54) is 0 Å². The van der Waals surface area contributed by atoms with Gasteiger partial charge in [-0.3, -0.25) is 70.8 Å². The summed E-state index contributed by atoms with van der Waals surface area (Å²) >= 11 is 0.778. The second-order valence-electron chi connectivity index (χ2n) is 18.1. The van der Waals surface area contributed by atoms with E-state index in [9.17, 15) is 51.9 Å². The fourth-order valence-electron chi connectivity index (χ4n) is 13.4. The van der Waals surface area contributed by atoms with Gasteiger partial charge in [0, 0.05) is 11.8 Å². The SMILES string of the molecule is O=S(=O)(O)C1C2C3NC4NC(NC5NC(NC6NC(NC(N3)C2C(S(=O)(=O)O)C(S(=O)(=O)O)C1S(=O)(=O)O)C1CCCCC61)C1CCCCC51)C1CCCCC41.[AlH2][Cl]. The van der Waals surface area contributed by atoms with Gasteiger partial charge in [0.1, 0.15) is 21.0 Å². The Hall–Kier alpha value is 0.142. The van der Waals surface area contributed by atoms with Crippen molar-refractivity contribution in [3.63, 3.8) is 0 Å². The van der Waals surface area contributed by atoms with Gasteiger partial charge >= 0.3 is 15.4 Å². The summed E-state index contributed by atoms with van der Waals surface area (Å²) in [6.45, 7) is 0. The molecule has 0 aromatic carbocycles. The van der Waals surface area contributed by atoms with Crippen molar-refractivity contribution in [2.24, 2.45) is 47.3 Å². The number of fused-ring (bicyclic) bond motifs is 20. The Morgan fingerprint density at radius 1 is 0.328 bits per heavy atom. The van der Waals surface area contributed by atoms with Crippen molar-refractivity contribution in [1.82, 2.24) is 42.5 Å². The molecule has 0 amide bonds. The first kappa shape index (κ1) is 44.7. The molecule has 0 aromatic heterocycles. The van der Waals surface area contributed by atoms with Crippen molar-refractivity contribution in [3.05, 3.63) is 0 Å². The van der Waals surface area contributed by atoms with E-state index in [4.69, 9.17) is 10.0 Å². The minimum atomic E-state index is -5.87. The molecule has 9 rings (SSSR count). The lowest BCUT2D eigenvalue weighted by atomic mass is 9.75. The van der Waals surface area contributed by atoms with Crippen molar-refractivity contribution in [2.45, 2.75) is 147 Å². The van der Waals surface area contributed by atoms with E-state index in [0.717, 1.165) is 92.4 Å². The zero-order valence-corrected chi connectivity index (χ0v) is 38.1. The Morgan fingerprint density at radius 3 is 0.690 bits per heavy atom. The molecule has 5 saturated heterocycles. The van der Waals surface area contributed by atoms with Crippen LogP contribution in [0.15, 0.2) is 0 Å². The summed E-state index contributed by atoms with van der Waals surface area (Å²) in [7, 11) is -18.2. The van der Waals surface area contributed by atoms with Gasteiger partial charge in [-0.2, -0.15) is 33.7 Å². The van der Waals surface area contributed by atoms with Crippen LogP contribution in [-0.2, 0) is 40.5 Å². The lowest BCUT2D eigenvalue weighted by Crippen LogP contribution is -2.70. The molecule has 0 aromatic rings. The van der Waals surface area contributed by atoms with Crippen LogP contribution in [0.2, 0.25) is 0 Å². The van der Waals surface area contributed by atoms with Crippen molar-refractivity contribution in [3.8, 4) is 0 Å². The lowest BCUT2D eigenvalue weighted by Gasteiger charge is -2.46. The molecular formula is C32H58AlClN8O12S4. The molecular weight excluding hydrogens is 879 g/mol. The summed E-state index contributed by atoms with van der Waals surface area (Å²) in [6, 6.07) is 0. The zero-order valence-electron chi connectivity index (χ0n) is 32.1. The standard InChI is InChI=1S/C32H56N8O12S4.Al.ClH.2H/c41-53(42,43)21-19-20(22(54(44,45)46)24(56(50,51)52)23(21)55(47,48)49)32-39-30-18-12-6-4-10-16(18)28(37-30)35-26-14-8-2-1-7-13(14)25(33-26)34-27-15-9-3-5-11-17(15)29(36-27)38-31(19)40-32;;;;/h13-40H,1-12H2,(H,41,42,43)(H,44,45,46)(H,47,48,49)(H,50,51,52);;1H;;/q;+1;;;/p-1. The highest BCUT2D eigenvalue weighted by atomic mass is 35.6. The Kier molecular flexibility index (Phi) is 12.8. The van der Waals surface area contributed by atoms with Crippen molar-refractivity contribution < 1.29 is 51.9 Å². The van der Waals surface area contributed by atoms with E-state index in [1.807, 2.05) is 0 Å². The molecule has 58 heavy (non-hydrogen) atoms. The molecule has 0 spiro atoms. The Labute approximate surface area is 353 Å². The highest BCUT2D eigenvalue weighted by Crippen LogP contribution is 2.50. The second kappa shape index (κ2) is 16.6. The maximum absolute atomic E-state index is 13.4. The normalized spacial score (nSPS) is 49.4. The quantitative estimate of drug-likeness (QED) is 0.106. The second-order valence-corrected chi connectivity index (χ2v) is 24.4. The number of rotatable bonds is 4. The molecule has 9 aliphatic rings. The first-order valence-electron chi connectivity index (χ1n) is 20.6. The predicted octanol–water partition coefficient (Wildman–Crippen LogP) is -2.16. The fourth-order valence-corrected chi connectivity index (χ4v) is 20.7. The van der Waals surface area contributed by atoms with E-state index in [2.05, 4.69) is 42.5 Å². The maximum atomic E-state index is 13.4. The minimum absolute atomic E-state index is 0.00830. The van der Waals surface area contributed by atoms with E-state index in [1.54, 1.807) is 0 Å². The summed E-state index contributed by atoms with van der Waals surface area (Å²) in [5.41, 5.74) is 0. The first-order chi connectivity index (χ1) is 27.3. The number of halogens is 1. The predicted molar refractivity (Wildman–Crippen MR) is 214 cm³/mol. The molecule has 20 atom stereocenters. The molecule has 5 aliphatic heterocycles. The van der Waals surface area contributed by atoms with Gasteiger partial charge in [0.2, 0.25) is 0 Å². The molecule has 4 aliphatic carbocycles. The Bertz CT molecular complexity index is 1860. The van der Waals surface area contributed by atoms with Crippen molar-refractivity contribution >= 4 is 65.9 Å². The maximum Gasteiger partial charge on any atom is 0.353 e. The fraction of sp³-hybridized carbons (Fsp3) is 1.00. The Balaban J connectivity index is 0.00000231. The van der Waals surface area contributed by atoms with Crippen LogP contribution in [0.1, 0.15) is 77.0 Å². The van der Waals surface area contributed by atoms with Gasteiger partial charge in [-0.25, -0.2) is 0 Å². The molecule has 4 saturated carbocycles. The largest absolute Gasteiger partial charge is 0.353 e. The van der Waals surface area contributed by atoms with Crippen LogP contribution in [0.4, 0.5) is 0 Å². The van der Waals surface area contributed by atoms with Crippen LogP contribution in [-0.4, -0.2) is 138 Å². The topological polar surface area (TPSA) is 314 Å². The minimum Gasteiger partial charge on any atom is -0.286 e. The van der Waals surface area contributed by atoms with E-state index < -0.39 is 98.0 Å². The van der Waals surface area contributed by atoms with Crippen LogP contribution >= 0.6 is 10.0 Å². The third-order valence-corrected chi connectivity index (χ3v) is 21.0. The molecule has 12 N–H and O–H groups in total. The number of hydrogen-bond donors (Lipinski definition) is 12. The van der Waals surface area contributed by atoms with Gasteiger partial charge in [0.25, 0.3) is 40.5 Å². The third-order valence-electron chi connectivity index (χ3n) is 15.4. The number of nitrogens with one attached hydrogen (secondary N) is 8.